The van der Waals surface area contributed by atoms with Gasteiger partial charge in [0, 0.05) is 25.9 Å². The van der Waals surface area contributed by atoms with Crippen LogP contribution in [-0.2, 0) is 22.8 Å². The van der Waals surface area contributed by atoms with Gasteiger partial charge in [0.05, 0.1) is 6.61 Å². The Bertz CT molecular complexity index is 322. The topological polar surface area (TPSA) is 54.0 Å². The highest BCUT2D eigenvalue weighted by molar-refractivity contribution is 9.10. The Balaban J connectivity index is 3.87. The molecule has 0 N–H and O–H groups in total. The maximum absolute atomic E-state index is 11.6. The van der Waals surface area contributed by atoms with Crippen molar-refractivity contribution in [2.24, 2.45) is 0 Å². The predicted molar refractivity (Wildman–Crippen MR) is 106 cm³/mol. The van der Waals surface area contributed by atoms with E-state index in [-0.39, 0.29) is 5.97 Å². The quantitative estimate of drug-likeness (QED) is 0.162. The van der Waals surface area contributed by atoms with E-state index < -0.39 is 13.1 Å². The van der Waals surface area contributed by atoms with Gasteiger partial charge in [0.2, 0.25) is 0 Å². The van der Waals surface area contributed by atoms with Crippen LogP contribution in [0.3, 0.4) is 0 Å². The summed E-state index contributed by atoms with van der Waals surface area (Å²) in [5.74, 6) is 1.79. The van der Waals surface area contributed by atoms with Crippen molar-refractivity contribution in [3.63, 3.8) is 0 Å². The zero-order valence-electron chi connectivity index (χ0n) is 15.7. The molecule has 0 saturated heterocycles. The fraction of sp³-hybridized carbons (Fsp3) is 0.938. The molecule has 0 fully saturated rings. The first-order valence-electron chi connectivity index (χ1n) is 8.67. The number of ether oxygens (including phenoxy) is 1. The Morgan fingerprint density at radius 2 is 1.50 bits per heavy atom. The molecular formula is C16H33BrO5SSi. The normalized spacial score (nSPS) is 12.4. The largest absolute Gasteiger partial charge is 0.500 e. The zero-order valence-corrected chi connectivity index (χ0v) is 19.1. The van der Waals surface area contributed by atoms with Crippen molar-refractivity contribution in [1.29, 1.82) is 0 Å². The van der Waals surface area contributed by atoms with Crippen LogP contribution in [-0.4, -0.2) is 57.0 Å². The molecule has 5 nitrogen and oxygen atoms in total. The summed E-state index contributed by atoms with van der Waals surface area (Å²) in [6, 6.07) is 0.849. The van der Waals surface area contributed by atoms with E-state index in [0.717, 1.165) is 30.4 Å². The predicted octanol–water partition coefficient (Wildman–Crippen LogP) is 4.26. The van der Waals surface area contributed by atoms with Crippen molar-refractivity contribution in [2.75, 3.05) is 37.9 Å². The van der Waals surface area contributed by atoms with E-state index in [1.165, 1.54) is 0 Å². The fourth-order valence-corrected chi connectivity index (χ4v) is 5.85. The van der Waals surface area contributed by atoms with Crippen LogP contribution < -0.4 is 0 Å². The van der Waals surface area contributed by atoms with Crippen molar-refractivity contribution in [2.45, 2.75) is 57.8 Å². The maximum atomic E-state index is 11.6. The van der Waals surface area contributed by atoms with Crippen LogP contribution in [0.1, 0.15) is 47.5 Å². The Hall–Kier alpha value is 0.397. The van der Waals surface area contributed by atoms with Crippen LogP contribution in [0.2, 0.25) is 6.04 Å². The summed E-state index contributed by atoms with van der Waals surface area (Å²) in [6.45, 7) is 11.8. The third kappa shape index (κ3) is 11.1. The Labute approximate surface area is 161 Å². The van der Waals surface area contributed by atoms with Crippen LogP contribution in [0.4, 0.5) is 0 Å². The first kappa shape index (κ1) is 24.4. The molecule has 24 heavy (non-hydrogen) atoms. The number of rotatable bonds is 15. The number of hydrogen-bond donors (Lipinski definition) is 0. The minimum Gasteiger partial charge on any atom is -0.465 e. The molecule has 0 aromatic carbocycles. The number of hydrogen-bond acceptors (Lipinski definition) is 6. The molecule has 0 amide bonds. The number of halogens is 1. The van der Waals surface area contributed by atoms with E-state index in [1.54, 1.807) is 13.8 Å². The standard InChI is InChI=1S/C16H33BrO5SSi/c1-6-20-24(21-7-2,22-8-3)14-10-13-23-12-9-11-19-15(18)16(4,5)17/h6-14H2,1-5H3. The Morgan fingerprint density at radius 3 is 1.96 bits per heavy atom. The molecule has 0 aliphatic heterocycles. The second kappa shape index (κ2) is 13.6. The Morgan fingerprint density at radius 1 is 1.00 bits per heavy atom. The molecule has 0 bridgehead atoms. The molecule has 0 unspecified atom stereocenters. The van der Waals surface area contributed by atoms with Crippen molar-refractivity contribution < 1.29 is 22.8 Å². The van der Waals surface area contributed by atoms with Crippen molar-refractivity contribution in [3.05, 3.63) is 0 Å². The Kier molecular flexibility index (Phi) is 13.8. The van der Waals surface area contributed by atoms with Gasteiger partial charge in [-0.25, -0.2) is 0 Å². The van der Waals surface area contributed by atoms with Gasteiger partial charge in [0.25, 0.3) is 0 Å². The minimum atomic E-state index is -2.49. The van der Waals surface area contributed by atoms with E-state index in [1.807, 2.05) is 32.5 Å². The molecule has 0 saturated carbocycles. The van der Waals surface area contributed by atoms with E-state index in [9.17, 15) is 4.79 Å². The number of thioether (sulfide) groups is 1. The third-order valence-electron chi connectivity index (χ3n) is 3.02. The second-order valence-corrected chi connectivity index (χ2v) is 11.6. The van der Waals surface area contributed by atoms with Gasteiger partial charge in [-0.15, -0.1) is 0 Å². The van der Waals surface area contributed by atoms with Gasteiger partial charge in [-0.1, -0.05) is 15.9 Å². The van der Waals surface area contributed by atoms with E-state index in [4.69, 9.17) is 18.0 Å². The van der Waals surface area contributed by atoms with Crippen LogP contribution in [0.15, 0.2) is 0 Å². The summed E-state index contributed by atoms with van der Waals surface area (Å²) in [6.07, 6.45) is 1.87. The maximum Gasteiger partial charge on any atom is 0.500 e. The first-order chi connectivity index (χ1) is 11.3. The summed E-state index contributed by atoms with van der Waals surface area (Å²) in [4.78, 5) is 11.6. The highest BCUT2D eigenvalue weighted by Crippen LogP contribution is 2.20. The molecule has 144 valence electrons. The minimum absolute atomic E-state index is 0.214. The van der Waals surface area contributed by atoms with Crippen molar-refractivity contribution >= 4 is 42.5 Å². The van der Waals surface area contributed by atoms with Gasteiger partial charge in [0.15, 0.2) is 0 Å². The van der Waals surface area contributed by atoms with Crippen LogP contribution in [0.5, 0.6) is 0 Å². The summed E-state index contributed by atoms with van der Waals surface area (Å²) in [5.41, 5.74) is 0. The molecule has 0 aromatic rings. The number of carbonyl (C=O) groups excluding carboxylic acids is 1. The smallest absolute Gasteiger partial charge is 0.465 e. The number of esters is 1. The lowest BCUT2D eigenvalue weighted by Crippen LogP contribution is -2.46. The molecule has 0 rings (SSSR count). The SMILES string of the molecule is CCO[Si](CCCSCCCOC(=O)C(C)(C)Br)(OCC)OCC. The molecule has 0 heterocycles. The van der Waals surface area contributed by atoms with Gasteiger partial charge in [-0.05, 0) is 59.0 Å². The van der Waals surface area contributed by atoms with Crippen molar-refractivity contribution in [3.8, 4) is 0 Å². The number of carbonyl (C=O) groups is 1. The summed E-state index contributed by atoms with van der Waals surface area (Å²) < 4.78 is 22.1. The lowest BCUT2D eigenvalue weighted by atomic mass is 10.2. The molecule has 0 aromatic heterocycles. The fourth-order valence-electron chi connectivity index (χ4n) is 1.99. The highest BCUT2D eigenvalue weighted by Gasteiger charge is 2.39. The van der Waals surface area contributed by atoms with Gasteiger partial charge in [0.1, 0.15) is 4.32 Å². The van der Waals surface area contributed by atoms with Gasteiger partial charge in [-0.3, -0.25) is 4.79 Å². The lowest BCUT2D eigenvalue weighted by molar-refractivity contribution is -0.145. The summed E-state index contributed by atoms with van der Waals surface area (Å²) in [5, 5.41) is 0. The summed E-state index contributed by atoms with van der Waals surface area (Å²) >= 11 is 5.15. The highest BCUT2D eigenvalue weighted by atomic mass is 79.9. The lowest BCUT2D eigenvalue weighted by Gasteiger charge is -2.28. The van der Waals surface area contributed by atoms with Gasteiger partial charge < -0.3 is 18.0 Å². The molecule has 0 spiro atoms. The van der Waals surface area contributed by atoms with Crippen LogP contribution in [0, 0.1) is 0 Å². The molecule has 0 aliphatic rings. The van der Waals surface area contributed by atoms with E-state index in [2.05, 4.69) is 15.9 Å². The summed E-state index contributed by atoms with van der Waals surface area (Å²) in [7, 11) is -2.49. The van der Waals surface area contributed by atoms with Crippen molar-refractivity contribution in [1.82, 2.24) is 0 Å². The molecule has 0 radical (unpaired) electrons. The van der Waals surface area contributed by atoms with Crippen LogP contribution >= 0.6 is 27.7 Å². The van der Waals surface area contributed by atoms with E-state index >= 15 is 0 Å². The first-order valence-corrected chi connectivity index (χ1v) is 12.5. The molecule has 0 atom stereocenters. The molecule has 0 aliphatic carbocycles. The molecule has 8 heteroatoms. The van der Waals surface area contributed by atoms with Gasteiger partial charge in [-0.2, -0.15) is 11.8 Å². The van der Waals surface area contributed by atoms with E-state index in [0.29, 0.717) is 26.4 Å². The monoisotopic (exact) mass is 444 g/mol. The van der Waals surface area contributed by atoms with Gasteiger partial charge >= 0.3 is 14.8 Å². The second-order valence-electron chi connectivity index (χ2n) is 5.66. The van der Waals surface area contributed by atoms with Crippen LogP contribution in [0.25, 0.3) is 0 Å². The average molecular weight is 445 g/mol. The number of alkyl halides is 1. The average Bonchev–Trinajstić information content (AvgIpc) is 2.49. The third-order valence-corrected chi connectivity index (χ3v) is 7.65. The zero-order chi connectivity index (χ0) is 18.5. The molecular weight excluding hydrogens is 412 g/mol.